The van der Waals surface area contributed by atoms with Gasteiger partial charge in [0.25, 0.3) is 0 Å². The number of rotatable bonds is 8. The van der Waals surface area contributed by atoms with Crippen LogP contribution in [0, 0.1) is 41.4 Å². The molecule has 6 unspecified atom stereocenters. The average Bonchev–Trinajstić information content (AvgIpc) is 3.10. The van der Waals surface area contributed by atoms with Crippen LogP contribution in [-0.2, 0) is 0 Å². The molecule has 0 bridgehead atoms. The Balaban J connectivity index is 1.37. The Morgan fingerprint density at radius 1 is 1.17 bits per heavy atom. The summed E-state index contributed by atoms with van der Waals surface area (Å²) in [7, 11) is 1.81. The van der Waals surface area contributed by atoms with E-state index < -0.39 is 5.67 Å². The third-order valence-electron chi connectivity index (χ3n) is 7.64. The van der Waals surface area contributed by atoms with E-state index in [4.69, 9.17) is 0 Å². The second kappa shape index (κ2) is 7.09. The molecule has 0 heterocycles. The van der Waals surface area contributed by atoms with Crippen LogP contribution in [0.15, 0.2) is 0 Å². The molecule has 3 saturated carbocycles. The molecule has 23 heavy (non-hydrogen) atoms. The van der Waals surface area contributed by atoms with Gasteiger partial charge < -0.3 is 0 Å². The van der Waals surface area contributed by atoms with Gasteiger partial charge in [0.1, 0.15) is 5.67 Å². The van der Waals surface area contributed by atoms with Crippen molar-refractivity contribution in [3.05, 3.63) is 0 Å². The minimum absolute atomic E-state index is 0.200. The molecule has 0 aromatic rings. The largest absolute Gasteiger partial charge is 0.243 e. The lowest BCUT2D eigenvalue weighted by molar-refractivity contribution is 0.0916. The van der Waals surface area contributed by atoms with Crippen molar-refractivity contribution in [2.75, 3.05) is 0 Å². The first-order valence-corrected chi connectivity index (χ1v) is 11.8. The van der Waals surface area contributed by atoms with E-state index in [1.165, 1.54) is 32.1 Å². The molecule has 0 aromatic carbocycles. The highest BCUT2D eigenvalue weighted by atomic mass is 33.1. The maximum absolute atomic E-state index is 14.5. The van der Waals surface area contributed by atoms with Crippen LogP contribution in [-0.4, -0.2) is 10.9 Å². The summed E-state index contributed by atoms with van der Waals surface area (Å²) in [4.78, 5) is 0. The van der Waals surface area contributed by atoms with Crippen molar-refractivity contribution in [1.29, 1.82) is 0 Å². The third kappa shape index (κ3) is 3.76. The van der Waals surface area contributed by atoms with Crippen LogP contribution in [0.1, 0.15) is 72.6 Å². The maximum atomic E-state index is 14.5. The Morgan fingerprint density at radius 3 is 2.30 bits per heavy atom. The van der Waals surface area contributed by atoms with E-state index in [1.807, 2.05) is 24.6 Å². The number of hydrogen-bond acceptors (Lipinski definition) is 2. The van der Waals surface area contributed by atoms with Crippen molar-refractivity contribution in [3.8, 4) is 0 Å². The van der Waals surface area contributed by atoms with Gasteiger partial charge in [-0.25, -0.2) is 4.39 Å². The van der Waals surface area contributed by atoms with Gasteiger partial charge in [0, 0.05) is 5.25 Å². The fraction of sp³-hybridized carbons (Fsp3) is 1.00. The van der Waals surface area contributed by atoms with Gasteiger partial charge in [0.05, 0.1) is 0 Å². The Morgan fingerprint density at radius 2 is 1.87 bits per heavy atom. The van der Waals surface area contributed by atoms with E-state index >= 15 is 0 Å². The minimum atomic E-state index is -0.828. The van der Waals surface area contributed by atoms with E-state index in [9.17, 15) is 4.39 Å². The van der Waals surface area contributed by atoms with E-state index in [0.29, 0.717) is 5.92 Å². The van der Waals surface area contributed by atoms with Crippen molar-refractivity contribution in [2.24, 2.45) is 41.4 Å². The highest BCUT2D eigenvalue weighted by Crippen LogP contribution is 2.57. The van der Waals surface area contributed by atoms with Gasteiger partial charge >= 0.3 is 0 Å². The molecule has 3 aliphatic carbocycles. The highest BCUT2D eigenvalue weighted by molar-refractivity contribution is 8.68. The van der Waals surface area contributed by atoms with Crippen LogP contribution in [0.4, 0.5) is 4.39 Å². The van der Waals surface area contributed by atoms with Crippen LogP contribution in [0.25, 0.3) is 0 Å². The van der Waals surface area contributed by atoms with E-state index in [0.717, 1.165) is 47.7 Å². The molecule has 0 nitrogen and oxygen atoms in total. The predicted molar refractivity (Wildman–Crippen MR) is 104 cm³/mol. The fourth-order valence-electron chi connectivity index (χ4n) is 5.26. The molecule has 0 N–H and O–H groups in total. The van der Waals surface area contributed by atoms with Crippen LogP contribution in [0.5, 0.6) is 0 Å². The molecule has 3 heteroatoms. The molecule has 3 fully saturated rings. The minimum Gasteiger partial charge on any atom is -0.243 e. The van der Waals surface area contributed by atoms with Gasteiger partial charge in [-0.2, -0.15) is 0 Å². The van der Waals surface area contributed by atoms with Gasteiger partial charge in [0.15, 0.2) is 0 Å². The topological polar surface area (TPSA) is 0 Å². The fourth-order valence-corrected chi connectivity index (χ4v) is 6.91. The van der Waals surface area contributed by atoms with Crippen LogP contribution in [0.2, 0.25) is 0 Å². The summed E-state index contributed by atoms with van der Waals surface area (Å²) in [5.74, 6) is 4.88. The van der Waals surface area contributed by atoms with Crippen molar-refractivity contribution in [3.63, 3.8) is 0 Å². The standard InChI is InChI=1S/C20H35FS2/c1-12(2)20(21)11-17(20)7-14(4)16-8-15(9-16)10-19(23-22)18-6-5-13(18)3/h12-19,22H,5-11H2,1-4H3. The number of alkyl halides is 1. The zero-order chi connectivity index (χ0) is 16.8. The molecule has 0 aromatic heterocycles. The monoisotopic (exact) mass is 358 g/mol. The molecular weight excluding hydrogens is 323 g/mol. The quantitative estimate of drug-likeness (QED) is 0.367. The Labute approximate surface area is 151 Å². The SMILES string of the molecule is CC(CC1CC1(F)C(C)C)C1CC(CC(SS)C2CCC2C)C1. The number of halogens is 1. The normalized spacial score (nSPS) is 45.3. The van der Waals surface area contributed by atoms with Gasteiger partial charge in [-0.05, 0) is 80.0 Å². The maximum Gasteiger partial charge on any atom is 0.116 e. The number of thiol groups is 1. The third-order valence-corrected chi connectivity index (χ3v) is 9.26. The van der Waals surface area contributed by atoms with Gasteiger partial charge in [0.2, 0.25) is 0 Å². The summed E-state index contributed by atoms with van der Waals surface area (Å²) in [5, 5.41) is 0.770. The van der Waals surface area contributed by atoms with Gasteiger partial charge in [-0.3, -0.25) is 0 Å². The highest BCUT2D eigenvalue weighted by Gasteiger charge is 2.57. The second-order valence-electron chi connectivity index (χ2n) is 9.39. The summed E-state index contributed by atoms with van der Waals surface area (Å²) in [6.07, 6.45) is 8.93. The van der Waals surface area contributed by atoms with Crippen molar-refractivity contribution >= 4 is 22.5 Å². The Hall–Kier alpha value is 0.630. The van der Waals surface area contributed by atoms with Crippen molar-refractivity contribution < 1.29 is 4.39 Å². The summed E-state index contributed by atoms with van der Waals surface area (Å²) in [6.45, 7) is 8.87. The van der Waals surface area contributed by atoms with Crippen LogP contribution in [0.3, 0.4) is 0 Å². The molecule has 3 rings (SSSR count). The van der Waals surface area contributed by atoms with Gasteiger partial charge in [-0.1, -0.05) is 44.9 Å². The summed E-state index contributed by atoms with van der Waals surface area (Å²) >= 11 is 4.55. The van der Waals surface area contributed by atoms with Crippen molar-refractivity contribution in [2.45, 2.75) is 83.6 Å². The molecule has 6 atom stereocenters. The molecule has 0 spiro atoms. The first kappa shape index (κ1) is 18.4. The molecule has 0 radical (unpaired) electrons. The lowest BCUT2D eigenvalue weighted by Gasteiger charge is -2.45. The second-order valence-corrected chi connectivity index (χ2v) is 10.8. The Bertz CT molecular complexity index is 406. The first-order valence-electron chi connectivity index (χ1n) is 9.84. The average molecular weight is 359 g/mol. The van der Waals surface area contributed by atoms with Crippen LogP contribution >= 0.6 is 22.5 Å². The summed E-state index contributed by atoms with van der Waals surface area (Å²) in [6, 6.07) is 0. The van der Waals surface area contributed by atoms with Crippen LogP contribution < -0.4 is 0 Å². The molecule has 0 aliphatic heterocycles. The summed E-state index contributed by atoms with van der Waals surface area (Å²) in [5.41, 5.74) is -0.828. The van der Waals surface area contributed by atoms with Gasteiger partial charge in [-0.15, -0.1) is 11.7 Å². The zero-order valence-electron chi connectivity index (χ0n) is 15.3. The number of hydrogen-bond donors (Lipinski definition) is 1. The lowest BCUT2D eigenvalue weighted by Crippen LogP contribution is -2.37. The first-order chi connectivity index (χ1) is 10.8. The van der Waals surface area contributed by atoms with E-state index in [2.05, 4.69) is 25.5 Å². The Kier molecular flexibility index (Phi) is 5.68. The molecule has 3 aliphatic rings. The predicted octanol–water partition coefficient (Wildman–Crippen LogP) is 6.81. The molecule has 0 saturated heterocycles. The lowest BCUT2D eigenvalue weighted by atomic mass is 9.64. The molecule has 134 valence electrons. The smallest absolute Gasteiger partial charge is 0.116 e. The molecule has 0 amide bonds. The molecular formula is C20H35FS2. The summed E-state index contributed by atoms with van der Waals surface area (Å²) < 4.78 is 14.5. The van der Waals surface area contributed by atoms with E-state index in [1.54, 1.807) is 0 Å². The van der Waals surface area contributed by atoms with Crippen molar-refractivity contribution in [1.82, 2.24) is 0 Å². The zero-order valence-corrected chi connectivity index (χ0v) is 17.0. The van der Waals surface area contributed by atoms with E-state index in [-0.39, 0.29) is 5.92 Å².